The molecule has 2 atom stereocenters. The van der Waals surface area contributed by atoms with E-state index in [1.807, 2.05) is 6.92 Å². The van der Waals surface area contributed by atoms with Gasteiger partial charge >= 0.3 is 0 Å². The zero-order valence-corrected chi connectivity index (χ0v) is 12.0. The van der Waals surface area contributed by atoms with Crippen LogP contribution in [0.3, 0.4) is 0 Å². The molecule has 2 unspecified atom stereocenters. The number of rotatable bonds is 2. The molecular weight excluding hydrogens is 260 g/mol. The highest BCUT2D eigenvalue weighted by Crippen LogP contribution is 2.36. The first-order valence-electron chi connectivity index (χ1n) is 6.71. The van der Waals surface area contributed by atoms with Gasteiger partial charge in [0.2, 0.25) is 0 Å². The van der Waals surface area contributed by atoms with Gasteiger partial charge in [0.05, 0.1) is 11.3 Å². The SMILES string of the molecule is Cc1nsc(N)c1-c1nc(C2CCCC(C)C2)no1. The standard InChI is InChI=1S/C13H18N4OS/c1-7-4-3-5-9(6-7)12-15-13(18-16-12)10-8(2)17-19-11(10)14/h7,9H,3-6,14H2,1-2H3. The third-order valence-electron chi connectivity index (χ3n) is 3.85. The molecule has 2 aromatic rings. The molecule has 2 N–H and O–H groups in total. The van der Waals surface area contributed by atoms with Crippen LogP contribution < -0.4 is 5.73 Å². The Kier molecular flexibility index (Phi) is 3.26. The molecule has 0 saturated heterocycles. The maximum atomic E-state index is 5.91. The average molecular weight is 278 g/mol. The fourth-order valence-electron chi connectivity index (χ4n) is 2.82. The van der Waals surface area contributed by atoms with Crippen LogP contribution in [0, 0.1) is 12.8 Å². The lowest BCUT2D eigenvalue weighted by atomic mass is 9.82. The summed E-state index contributed by atoms with van der Waals surface area (Å²) in [7, 11) is 0. The summed E-state index contributed by atoms with van der Waals surface area (Å²) in [6, 6.07) is 0. The van der Waals surface area contributed by atoms with Crippen LogP contribution in [0.4, 0.5) is 5.00 Å². The van der Waals surface area contributed by atoms with Gasteiger partial charge in [0.15, 0.2) is 5.82 Å². The Bertz CT molecular complexity index is 557. The Morgan fingerprint density at radius 1 is 1.37 bits per heavy atom. The van der Waals surface area contributed by atoms with E-state index in [2.05, 4.69) is 21.4 Å². The number of nitrogen functional groups attached to an aromatic ring is 1. The molecule has 1 aliphatic carbocycles. The van der Waals surface area contributed by atoms with Crippen molar-refractivity contribution in [3.05, 3.63) is 11.5 Å². The third kappa shape index (κ3) is 2.36. The summed E-state index contributed by atoms with van der Waals surface area (Å²) in [5, 5.41) is 4.79. The monoisotopic (exact) mass is 278 g/mol. The Morgan fingerprint density at radius 2 is 2.21 bits per heavy atom. The smallest absolute Gasteiger partial charge is 0.262 e. The average Bonchev–Trinajstić information content (AvgIpc) is 2.97. The van der Waals surface area contributed by atoms with Crippen molar-refractivity contribution in [1.82, 2.24) is 14.5 Å². The molecule has 6 heteroatoms. The normalized spacial score (nSPS) is 23.7. The number of nitrogens with zero attached hydrogens (tertiary/aromatic N) is 3. The number of anilines is 1. The van der Waals surface area contributed by atoms with Crippen LogP contribution in [-0.4, -0.2) is 14.5 Å². The fourth-order valence-corrected chi connectivity index (χ4v) is 3.47. The van der Waals surface area contributed by atoms with Gasteiger partial charge in [-0.3, -0.25) is 0 Å². The van der Waals surface area contributed by atoms with Gasteiger partial charge in [0.1, 0.15) is 5.00 Å². The van der Waals surface area contributed by atoms with Gasteiger partial charge in [-0.15, -0.1) is 0 Å². The van der Waals surface area contributed by atoms with E-state index in [1.165, 1.54) is 24.4 Å². The molecule has 0 bridgehead atoms. The van der Waals surface area contributed by atoms with Crippen molar-refractivity contribution in [3.63, 3.8) is 0 Å². The summed E-state index contributed by atoms with van der Waals surface area (Å²) in [4.78, 5) is 4.54. The van der Waals surface area contributed by atoms with Crippen LogP contribution in [0.1, 0.15) is 50.0 Å². The number of nitrogens with two attached hydrogens (primary N) is 1. The maximum Gasteiger partial charge on any atom is 0.262 e. The Labute approximate surface area is 116 Å². The van der Waals surface area contributed by atoms with Crippen LogP contribution in [0.25, 0.3) is 11.5 Å². The Morgan fingerprint density at radius 3 is 2.89 bits per heavy atom. The molecule has 1 fully saturated rings. The zero-order valence-electron chi connectivity index (χ0n) is 11.2. The summed E-state index contributed by atoms with van der Waals surface area (Å²) in [6.07, 6.45) is 4.85. The molecule has 2 heterocycles. The van der Waals surface area contributed by atoms with Crippen molar-refractivity contribution in [2.75, 3.05) is 5.73 Å². The van der Waals surface area contributed by atoms with Crippen LogP contribution in [0.2, 0.25) is 0 Å². The molecule has 3 rings (SSSR count). The Balaban J connectivity index is 1.87. The summed E-state index contributed by atoms with van der Waals surface area (Å²) in [5.41, 5.74) is 7.57. The minimum absolute atomic E-state index is 0.425. The summed E-state index contributed by atoms with van der Waals surface area (Å²) >= 11 is 1.27. The van der Waals surface area contributed by atoms with Gasteiger partial charge in [-0.1, -0.05) is 24.9 Å². The number of hydrogen-bond donors (Lipinski definition) is 1. The molecule has 0 aliphatic heterocycles. The Hall–Kier alpha value is -1.43. The topological polar surface area (TPSA) is 77.8 Å². The van der Waals surface area contributed by atoms with Gasteiger partial charge in [0, 0.05) is 5.92 Å². The van der Waals surface area contributed by atoms with Gasteiger partial charge in [0.25, 0.3) is 5.89 Å². The van der Waals surface area contributed by atoms with E-state index in [9.17, 15) is 0 Å². The molecule has 102 valence electrons. The molecule has 19 heavy (non-hydrogen) atoms. The van der Waals surface area contributed by atoms with E-state index < -0.39 is 0 Å². The molecular formula is C13H18N4OS. The third-order valence-corrected chi connectivity index (χ3v) is 4.61. The fraction of sp³-hybridized carbons (Fsp3) is 0.615. The lowest BCUT2D eigenvalue weighted by Gasteiger charge is -2.23. The van der Waals surface area contributed by atoms with E-state index in [1.54, 1.807) is 0 Å². The first-order valence-corrected chi connectivity index (χ1v) is 7.48. The van der Waals surface area contributed by atoms with Crippen molar-refractivity contribution in [3.8, 4) is 11.5 Å². The van der Waals surface area contributed by atoms with E-state index in [0.29, 0.717) is 16.8 Å². The highest BCUT2D eigenvalue weighted by Gasteiger charge is 2.26. The first-order chi connectivity index (χ1) is 9.15. The summed E-state index contributed by atoms with van der Waals surface area (Å²) in [6.45, 7) is 4.20. The van der Waals surface area contributed by atoms with Gasteiger partial charge < -0.3 is 10.3 Å². The predicted molar refractivity (Wildman–Crippen MR) is 74.9 cm³/mol. The van der Waals surface area contributed by atoms with Gasteiger partial charge in [-0.25, -0.2) is 0 Å². The van der Waals surface area contributed by atoms with E-state index in [0.717, 1.165) is 35.8 Å². The van der Waals surface area contributed by atoms with Gasteiger partial charge in [-0.2, -0.15) is 9.36 Å². The van der Waals surface area contributed by atoms with Gasteiger partial charge in [-0.05, 0) is 37.2 Å². The van der Waals surface area contributed by atoms with Crippen LogP contribution in [-0.2, 0) is 0 Å². The molecule has 0 spiro atoms. The largest absolute Gasteiger partial charge is 0.389 e. The number of hydrogen-bond acceptors (Lipinski definition) is 6. The van der Waals surface area contributed by atoms with Crippen molar-refractivity contribution in [1.29, 1.82) is 0 Å². The highest BCUT2D eigenvalue weighted by molar-refractivity contribution is 7.10. The molecule has 2 aromatic heterocycles. The second-order valence-corrected chi connectivity index (χ2v) is 6.24. The number of aromatic nitrogens is 3. The van der Waals surface area contributed by atoms with Crippen LogP contribution >= 0.6 is 11.5 Å². The van der Waals surface area contributed by atoms with Crippen LogP contribution in [0.15, 0.2) is 4.52 Å². The second kappa shape index (κ2) is 4.92. The lowest BCUT2D eigenvalue weighted by molar-refractivity contribution is 0.324. The van der Waals surface area contributed by atoms with Crippen molar-refractivity contribution in [2.24, 2.45) is 5.92 Å². The van der Waals surface area contributed by atoms with E-state index in [-0.39, 0.29) is 0 Å². The molecule has 0 amide bonds. The van der Waals surface area contributed by atoms with Crippen molar-refractivity contribution < 1.29 is 4.52 Å². The van der Waals surface area contributed by atoms with Crippen molar-refractivity contribution in [2.45, 2.75) is 45.4 Å². The molecule has 0 radical (unpaired) electrons. The number of aryl methyl sites for hydroxylation is 1. The van der Waals surface area contributed by atoms with Crippen LogP contribution in [0.5, 0.6) is 0 Å². The molecule has 0 aromatic carbocycles. The zero-order chi connectivity index (χ0) is 13.4. The minimum atomic E-state index is 0.425. The van der Waals surface area contributed by atoms with E-state index in [4.69, 9.17) is 10.3 Å². The molecule has 1 saturated carbocycles. The predicted octanol–water partition coefficient (Wildman–Crippen LogP) is 3.38. The summed E-state index contributed by atoms with van der Waals surface area (Å²) < 4.78 is 9.60. The quantitative estimate of drug-likeness (QED) is 0.911. The van der Waals surface area contributed by atoms with E-state index >= 15 is 0 Å². The molecule has 1 aliphatic rings. The first kappa shape index (κ1) is 12.6. The summed E-state index contributed by atoms with van der Waals surface area (Å²) in [5.74, 6) is 2.51. The lowest BCUT2D eigenvalue weighted by Crippen LogP contribution is -2.12. The highest BCUT2D eigenvalue weighted by atomic mass is 32.1. The molecule has 5 nitrogen and oxygen atoms in total. The minimum Gasteiger partial charge on any atom is -0.389 e. The second-order valence-electron chi connectivity index (χ2n) is 5.43. The maximum absolute atomic E-state index is 5.91. The van der Waals surface area contributed by atoms with Crippen molar-refractivity contribution >= 4 is 16.5 Å².